The number of hydrogen-bond acceptors (Lipinski definition) is 5. The molecule has 220 valence electrons. The molecule has 2 aromatic rings. The Morgan fingerprint density at radius 1 is 0.881 bits per heavy atom. The Morgan fingerprint density at radius 2 is 1.48 bits per heavy atom. The van der Waals surface area contributed by atoms with Crippen molar-refractivity contribution in [3.8, 4) is 5.75 Å². The van der Waals surface area contributed by atoms with E-state index in [1.165, 1.54) is 23.1 Å². The highest BCUT2D eigenvalue weighted by atomic mass is 35.5. The average molecular weight is 712 g/mol. The molecule has 5 atom stereocenters. The van der Waals surface area contributed by atoms with Gasteiger partial charge in [-0.3, -0.25) is 19.2 Å². The number of rotatable bonds is 4. The van der Waals surface area contributed by atoms with Gasteiger partial charge in [-0.2, -0.15) is 0 Å². The first-order valence-electron chi connectivity index (χ1n) is 12.7. The lowest BCUT2D eigenvalue weighted by atomic mass is 9.84. The van der Waals surface area contributed by atoms with Crippen LogP contribution in [0.15, 0.2) is 46.5 Å². The van der Waals surface area contributed by atoms with Gasteiger partial charge in [0.2, 0.25) is 17.7 Å². The molecule has 0 spiro atoms. The van der Waals surface area contributed by atoms with Gasteiger partial charge < -0.3 is 9.64 Å². The van der Waals surface area contributed by atoms with Crippen LogP contribution in [0.3, 0.4) is 0 Å². The number of benzene rings is 2. The predicted molar refractivity (Wildman–Crippen MR) is 163 cm³/mol. The molecule has 0 unspecified atom stereocenters. The Balaban J connectivity index is 1.22. The maximum atomic E-state index is 13.7. The summed E-state index contributed by atoms with van der Waals surface area (Å²) in [5, 5.41) is 0.162. The fraction of sp³-hybridized carbons (Fsp3) is 0.357. The molecule has 42 heavy (non-hydrogen) atoms. The molecular weight excluding hydrogens is 692 g/mol. The van der Waals surface area contributed by atoms with Crippen molar-refractivity contribution >= 4 is 116 Å². The van der Waals surface area contributed by atoms with Crippen LogP contribution in [0.4, 0.5) is 11.4 Å². The molecule has 2 aliphatic carbocycles. The first kappa shape index (κ1) is 30.3. The van der Waals surface area contributed by atoms with Crippen LogP contribution in [0.25, 0.3) is 0 Å². The van der Waals surface area contributed by atoms with E-state index in [1.54, 1.807) is 32.0 Å². The molecular formula is C28H19Cl7N2O5. The lowest BCUT2D eigenvalue weighted by Gasteiger charge is -2.34. The van der Waals surface area contributed by atoms with Gasteiger partial charge in [0, 0.05) is 23.7 Å². The van der Waals surface area contributed by atoms with Crippen molar-refractivity contribution in [1.82, 2.24) is 0 Å². The number of nitrogens with zero attached hydrogens (tertiary/aromatic N) is 2. The third-order valence-electron chi connectivity index (χ3n) is 8.52. The third-order valence-corrected chi connectivity index (χ3v) is 13.2. The molecule has 0 aromatic heterocycles. The molecule has 6 rings (SSSR count). The summed E-state index contributed by atoms with van der Waals surface area (Å²) in [6, 6.07) is 9.65. The van der Waals surface area contributed by atoms with Crippen LogP contribution in [-0.2, 0) is 19.2 Å². The van der Waals surface area contributed by atoms with Crippen LogP contribution in [0.5, 0.6) is 5.75 Å². The number of anilines is 2. The summed E-state index contributed by atoms with van der Waals surface area (Å²) >= 11 is 45.6. The van der Waals surface area contributed by atoms with Crippen molar-refractivity contribution < 1.29 is 23.9 Å². The molecule has 7 nitrogen and oxygen atoms in total. The largest absolute Gasteiger partial charge is 0.426 e. The molecule has 2 saturated heterocycles. The second-order valence-corrected chi connectivity index (χ2v) is 14.4. The van der Waals surface area contributed by atoms with E-state index in [0.29, 0.717) is 16.3 Å². The van der Waals surface area contributed by atoms with Gasteiger partial charge in [-0.1, -0.05) is 64.1 Å². The second kappa shape index (κ2) is 9.90. The highest BCUT2D eigenvalue weighted by Gasteiger charge is 2.87. The first-order valence-corrected chi connectivity index (χ1v) is 15.3. The molecule has 2 aromatic carbocycles. The minimum Gasteiger partial charge on any atom is -0.426 e. The number of aryl methyl sites for hydroxylation is 1. The van der Waals surface area contributed by atoms with Crippen molar-refractivity contribution in [3.05, 3.63) is 62.6 Å². The summed E-state index contributed by atoms with van der Waals surface area (Å²) < 4.78 is 3.56. The molecule has 3 amide bonds. The van der Waals surface area contributed by atoms with Crippen LogP contribution in [0.1, 0.15) is 17.5 Å². The predicted octanol–water partition coefficient (Wildman–Crippen LogP) is 6.87. The number of imide groups is 1. The Labute approximate surface area is 275 Å². The van der Waals surface area contributed by atoms with Gasteiger partial charge in [0.25, 0.3) is 0 Å². The van der Waals surface area contributed by atoms with Gasteiger partial charge >= 0.3 is 5.97 Å². The van der Waals surface area contributed by atoms with Crippen LogP contribution in [0.2, 0.25) is 5.02 Å². The van der Waals surface area contributed by atoms with Gasteiger partial charge in [-0.25, -0.2) is 4.90 Å². The third kappa shape index (κ3) is 3.74. The van der Waals surface area contributed by atoms with Crippen molar-refractivity contribution in [2.24, 2.45) is 17.8 Å². The molecule has 3 fully saturated rings. The lowest BCUT2D eigenvalue weighted by molar-refractivity contribution is -0.139. The zero-order valence-corrected chi connectivity index (χ0v) is 27.0. The quantitative estimate of drug-likeness (QED) is 0.150. The maximum Gasteiger partial charge on any atom is 0.316 e. The summed E-state index contributed by atoms with van der Waals surface area (Å²) in [5.41, 5.74) is 2.03. The van der Waals surface area contributed by atoms with E-state index in [1.807, 2.05) is 0 Å². The highest BCUT2D eigenvalue weighted by Crippen LogP contribution is 2.77. The molecule has 14 heteroatoms. The van der Waals surface area contributed by atoms with Crippen LogP contribution in [0, 0.1) is 31.6 Å². The number of alkyl halides is 4. The average Bonchev–Trinajstić information content (AvgIpc) is 3.51. The molecule has 0 radical (unpaired) electrons. The Bertz CT molecular complexity index is 1610. The maximum absolute atomic E-state index is 13.7. The zero-order valence-electron chi connectivity index (χ0n) is 21.7. The number of halogens is 7. The van der Waals surface area contributed by atoms with Gasteiger partial charge in [0.15, 0.2) is 4.33 Å². The Hall–Kier alpha value is -1.71. The molecule has 2 heterocycles. The zero-order chi connectivity index (χ0) is 30.7. The van der Waals surface area contributed by atoms with E-state index in [4.69, 9.17) is 85.9 Å². The number of carbonyl (C=O) groups is 4. The van der Waals surface area contributed by atoms with E-state index in [2.05, 4.69) is 0 Å². The van der Waals surface area contributed by atoms with Crippen LogP contribution in [-0.4, -0.2) is 44.3 Å². The molecule has 2 bridgehead atoms. The fourth-order valence-electron chi connectivity index (χ4n) is 6.36. The second-order valence-electron chi connectivity index (χ2n) is 10.8. The normalized spacial score (nSPS) is 31.5. The molecule has 1 saturated carbocycles. The summed E-state index contributed by atoms with van der Waals surface area (Å²) in [4.78, 5) is 51.7. The van der Waals surface area contributed by atoms with Crippen LogP contribution < -0.4 is 14.5 Å². The summed E-state index contributed by atoms with van der Waals surface area (Å²) in [5.74, 6) is -5.27. The number of hydrogen-bond donors (Lipinski definition) is 0. The number of amides is 3. The van der Waals surface area contributed by atoms with E-state index < -0.39 is 49.6 Å². The fourth-order valence-corrected chi connectivity index (χ4v) is 9.46. The van der Waals surface area contributed by atoms with E-state index in [9.17, 15) is 19.2 Å². The topological polar surface area (TPSA) is 84.0 Å². The number of esters is 1. The van der Waals surface area contributed by atoms with Crippen molar-refractivity contribution in [1.29, 1.82) is 0 Å². The standard InChI is InChI=1S/C28H19Cl7N2O5/c1-11-8-14(42-25(41)13-9-18(38)36(10-13)17-5-3-4-15(29)12(17)2)6-7-16(11)37-23(39)19-20(24(37)40)27(33)22(31)21(30)26(19,32)28(27,34)35/h3-8,13,19-20H,9-10H2,1-2H3/t13-,19-,20-,26-,27-/m1/s1. The van der Waals surface area contributed by atoms with E-state index >= 15 is 0 Å². The lowest BCUT2D eigenvalue weighted by Crippen LogP contribution is -2.50. The van der Waals surface area contributed by atoms with E-state index in [0.717, 1.165) is 10.5 Å². The Morgan fingerprint density at radius 3 is 2.05 bits per heavy atom. The smallest absolute Gasteiger partial charge is 0.316 e. The van der Waals surface area contributed by atoms with Gasteiger partial charge in [-0.15, -0.1) is 23.2 Å². The van der Waals surface area contributed by atoms with Gasteiger partial charge in [0.05, 0.1) is 33.5 Å². The summed E-state index contributed by atoms with van der Waals surface area (Å²) in [6.07, 6.45) is -0.0243. The Kier molecular flexibility index (Phi) is 7.15. The highest BCUT2D eigenvalue weighted by molar-refractivity contribution is 6.67. The van der Waals surface area contributed by atoms with Crippen LogP contribution >= 0.6 is 81.2 Å². The monoisotopic (exact) mass is 708 g/mol. The van der Waals surface area contributed by atoms with E-state index in [-0.39, 0.29) is 40.4 Å². The molecule has 2 aliphatic heterocycles. The SMILES string of the molecule is Cc1cc(OC(=O)[C@@H]2CC(=O)N(c3cccc(Cl)c3C)C2)ccc1N1C(=O)[C@H]2[C@H](C1=O)[C@@]1(Cl)C(Cl)=C(Cl)[C@@]2(Cl)C1(Cl)Cl. The summed E-state index contributed by atoms with van der Waals surface area (Å²) in [6.45, 7) is 3.57. The van der Waals surface area contributed by atoms with Crippen molar-refractivity contribution in [3.63, 3.8) is 0 Å². The molecule has 0 N–H and O–H groups in total. The number of fused-ring (bicyclic) bond motifs is 5. The van der Waals surface area contributed by atoms with Gasteiger partial charge in [0.1, 0.15) is 15.5 Å². The number of allylic oxidation sites excluding steroid dienone is 2. The minimum atomic E-state index is -2.03. The first-order chi connectivity index (χ1) is 19.6. The number of ether oxygens (including phenoxy) is 1. The molecule has 4 aliphatic rings. The minimum absolute atomic E-state index is 0.0243. The summed E-state index contributed by atoms with van der Waals surface area (Å²) in [7, 11) is 0. The number of carbonyl (C=O) groups excluding carboxylic acids is 4. The van der Waals surface area contributed by atoms with Crippen molar-refractivity contribution in [2.45, 2.75) is 34.3 Å². The van der Waals surface area contributed by atoms with Gasteiger partial charge in [-0.05, 0) is 55.3 Å². The van der Waals surface area contributed by atoms with Crippen molar-refractivity contribution in [2.75, 3.05) is 16.3 Å².